The highest BCUT2D eigenvalue weighted by molar-refractivity contribution is 5.97. The number of carbonyl (C=O) groups is 2. The predicted octanol–water partition coefficient (Wildman–Crippen LogP) is 7.48. The van der Waals surface area contributed by atoms with Crippen molar-refractivity contribution in [3.8, 4) is 11.3 Å². The monoisotopic (exact) mass is 526 g/mol. The number of esters is 2. The van der Waals surface area contributed by atoms with Crippen LogP contribution in [0.3, 0.4) is 0 Å². The molecule has 38 heavy (non-hydrogen) atoms. The molecule has 0 amide bonds. The van der Waals surface area contributed by atoms with Gasteiger partial charge in [-0.05, 0) is 63.3 Å². The first kappa shape index (κ1) is 27.2. The Morgan fingerprint density at radius 2 is 1.68 bits per heavy atom. The molecule has 1 saturated carbocycles. The van der Waals surface area contributed by atoms with E-state index in [2.05, 4.69) is 10.3 Å². The van der Waals surface area contributed by atoms with E-state index in [0.717, 1.165) is 24.5 Å². The van der Waals surface area contributed by atoms with E-state index in [1.165, 1.54) is 13.1 Å². The molecule has 0 aliphatic heterocycles. The number of rotatable bonds is 7. The number of ether oxygens (including phenoxy) is 2. The smallest absolute Gasteiger partial charge is 0.418 e. The Hall–Kier alpha value is -3.88. The summed E-state index contributed by atoms with van der Waals surface area (Å²) < 4.78 is 52.5. The minimum atomic E-state index is -4.65. The van der Waals surface area contributed by atoms with E-state index in [9.17, 15) is 22.8 Å². The molecule has 1 atom stereocenters. The van der Waals surface area contributed by atoms with Crippen LogP contribution in [0.4, 0.5) is 24.5 Å². The molecule has 0 spiro atoms. The van der Waals surface area contributed by atoms with Crippen molar-refractivity contribution < 1.29 is 32.2 Å². The fourth-order valence-electron chi connectivity index (χ4n) is 3.81. The largest absolute Gasteiger partial charge is 0.425 e. The zero-order chi connectivity index (χ0) is 27.7. The third kappa shape index (κ3) is 6.51. The van der Waals surface area contributed by atoms with Crippen molar-refractivity contribution in [3.63, 3.8) is 0 Å². The summed E-state index contributed by atoms with van der Waals surface area (Å²) in [4.78, 5) is 29.4. The van der Waals surface area contributed by atoms with E-state index in [4.69, 9.17) is 9.47 Å². The topological polar surface area (TPSA) is 77.5 Å². The highest BCUT2D eigenvalue weighted by Crippen LogP contribution is 2.42. The molecule has 1 N–H and O–H groups in total. The fourth-order valence-corrected chi connectivity index (χ4v) is 3.81. The highest BCUT2D eigenvalue weighted by Gasteiger charge is 2.35. The molecule has 3 aromatic rings. The number of hydrogen-bond acceptors (Lipinski definition) is 6. The summed E-state index contributed by atoms with van der Waals surface area (Å²) in [6.45, 7) is 6.47. The zero-order valence-electron chi connectivity index (χ0n) is 21.6. The van der Waals surface area contributed by atoms with Crippen LogP contribution in [-0.2, 0) is 20.4 Å². The van der Waals surface area contributed by atoms with Crippen LogP contribution in [0.15, 0.2) is 60.8 Å². The van der Waals surface area contributed by atoms with Gasteiger partial charge in [0.25, 0.3) is 0 Å². The summed E-state index contributed by atoms with van der Waals surface area (Å²) in [6.07, 6.45) is -2.55. The van der Waals surface area contributed by atoms with Crippen molar-refractivity contribution in [2.24, 2.45) is 5.41 Å². The minimum Gasteiger partial charge on any atom is -0.425 e. The maximum absolute atomic E-state index is 14.0. The Labute approximate surface area is 219 Å². The normalized spacial score (nSPS) is 14.5. The average Bonchev–Trinajstić information content (AvgIpc) is 3.69. The number of benzene rings is 2. The van der Waals surface area contributed by atoms with Crippen LogP contribution < -0.4 is 5.32 Å². The lowest BCUT2D eigenvalue weighted by Gasteiger charge is -2.21. The van der Waals surface area contributed by atoms with E-state index >= 15 is 0 Å². The summed E-state index contributed by atoms with van der Waals surface area (Å²) in [5, 5.41) is 2.90. The third-order valence-corrected chi connectivity index (χ3v) is 5.99. The number of alkyl halides is 3. The van der Waals surface area contributed by atoms with Gasteiger partial charge in [-0.15, -0.1) is 0 Å². The van der Waals surface area contributed by atoms with Gasteiger partial charge in [-0.2, -0.15) is 13.2 Å². The molecule has 2 aromatic carbocycles. The van der Waals surface area contributed by atoms with Crippen LogP contribution in [-0.4, -0.2) is 23.2 Å². The van der Waals surface area contributed by atoms with Gasteiger partial charge in [0.1, 0.15) is 0 Å². The SMILES string of the molecule is CC(OC(=O)c1cc(C2CC2)ccc1Nc1cnc(-c2ccccc2)c(C(F)(F)F)c1)OC(=O)C(C)(C)C. The number of pyridine rings is 1. The molecule has 1 aliphatic carbocycles. The molecule has 0 bridgehead atoms. The Kier molecular flexibility index (Phi) is 7.49. The van der Waals surface area contributed by atoms with Gasteiger partial charge in [-0.1, -0.05) is 36.4 Å². The molecule has 1 aliphatic rings. The van der Waals surface area contributed by atoms with E-state index in [0.29, 0.717) is 11.5 Å². The summed E-state index contributed by atoms with van der Waals surface area (Å²) in [6, 6.07) is 14.2. The Morgan fingerprint density at radius 1 is 1.00 bits per heavy atom. The summed E-state index contributed by atoms with van der Waals surface area (Å²) in [7, 11) is 0. The van der Waals surface area contributed by atoms with Crippen molar-refractivity contribution in [3.05, 3.63) is 77.5 Å². The molecular weight excluding hydrogens is 497 g/mol. The van der Waals surface area contributed by atoms with Gasteiger partial charge < -0.3 is 14.8 Å². The van der Waals surface area contributed by atoms with Crippen LogP contribution in [0.1, 0.15) is 67.9 Å². The summed E-state index contributed by atoms with van der Waals surface area (Å²) in [5.74, 6) is -0.989. The predicted molar refractivity (Wildman–Crippen MR) is 137 cm³/mol. The number of aromatic nitrogens is 1. The fraction of sp³-hybridized carbons (Fsp3) is 0.345. The first-order valence-corrected chi connectivity index (χ1v) is 12.3. The molecule has 200 valence electrons. The Balaban J connectivity index is 1.63. The molecule has 1 unspecified atom stereocenters. The van der Waals surface area contributed by atoms with Crippen molar-refractivity contribution in [2.45, 2.75) is 58.9 Å². The van der Waals surface area contributed by atoms with Crippen molar-refractivity contribution in [2.75, 3.05) is 5.32 Å². The molecule has 4 rings (SSSR count). The van der Waals surface area contributed by atoms with Crippen molar-refractivity contribution in [1.82, 2.24) is 4.98 Å². The average molecular weight is 527 g/mol. The molecule has 1 aromatic heterocycles. The second kappa shape index (κ2) is 10.5. The van der Waals surface area contributed by atoms with E-state index in [1.54, 1.807) is 63.2 Å². The van der Waals surface area contributed by atoms with Gasteiger partial charge in [0, 0.05) is 12.5 Å². The molecule has 1 fully saturated rings. The van der Waals surface area contributed by atoms with Crippen LogP contribution >= 0.6 is 0 Å². The van der Waals surface area contributed by atoms with Gasteiger partial charge in [-0.25, -0.2) is 4.79 Å². The number of carbonyl (C=O) groups excluding carboxylic acids is 2. The molecule has 1 heterocycles. The van der Waals surface area contributed by atoms with Crippen LogP contribution in [0.5, 0.6) is 0 Å². The number of nitrogens with zero attached hydrogens (tertiary/aromatic N) is 1. The van der Waals surface area contributed by atoms with E-state index in [1.807, 2.05) is 6.07 Å². The first-order valence-electron chi connectivity index (χ1n) is 12.3. The summed E-state index contributed by atoms with van der Waals surface area (Å²) >= 11 is 0. The van der Waals surface area contributed by atoms with Crippen LogP contribution in [0.25, 0.3) is 11.3 Å². The third-order valence-electron chi connectivity index (χ3n) is 5.99. The van der Waals surface area contributed by atoms with Gasteiger partial charge in [0.05, 0.1) is 39.8 Å². The number of anilines is 2. The number of halogens is 3. The van der Waals surface area contributed by atoms with E-state index < -0.39 is 35.4 Å². The second-order valence-electron chi connectivity index (χ2n) is 10.3. The minimum absolute atomic E-state index is 0.0532. The lowest BCUT2D eigenvalue weighted by molar-refractivity contribution is -0.174. The molecular formula is C29H29F3N2O4. The Bertz CT molecular complexity index is 1330. The van der Waals surface area contributed by atoms with E-state index in [-0.39, 0.29) is 22.6 Å². The maximum Gasteiger partial charge on any atom is 0.418 e. The Morgan fingerprint density at radius 3 is 2.29 bits per heavy atom. The first-order chi connectivity index (χ1) is 17.8. The van der Waals surface area contributed by atoms with Crippen LogP contribution in [0, 0.1) is 5.41 Å². The molecule has 0 saturated heterocycles. The van der Waals surface area contributed by atoms with Gasteiger partial charge >= 0.3 is 18.1 Å². The van der Waals surface area contributed by atoms with Crippen molar-refractivity contribution in [1.29, 1.82) is 0 Å². The summed E-state index contributed by atoms with van der Waals surface area (Å²) in [5.41, 5.74) is -0.202. The van der Waals surface area contributed by atoms with Gasteiger partial charge in [-0.3, -0.25) is 9.78 Å². The molecule has 0 radical (unpaired) electrons. The lowest BCUT2D eigenvalue weighted by atomic mass is 9.97. The van der Waals surface area contributed by atoms with Gasteiger partial charge in [0.2, 0.25) is 6.29 Å². The maximum atomic E-state index is 14.0. The van der Waals surface area contributed by atoms with Crippen LogP contribution in [0.2, 0.25) is 0 Å². The molecule has 9 heteroatoms. The number of nitrogens with one attached hydrogen (secondary N) is 1. The van der Waals surface area contributed by atoms with Crippen molar-refractivity contribution >= 4 is 23.3 Å². The highest BCUT2D eigenvalue weighted by atomic mass is 19.4. The second-order valence-corrected chi connectivity index (χ2v) is 10.3. The lowest BCUT2D eigenvalue weighted by Crippen LogP contribution is -2.29. The molecule has 6 nitrogen and oxygen atoms in total. The quantitative estimate of drug-likeness (QED) is 0.254. The zero-order valence-corrected chi connectivity index (χ0v) is 21.6. The standard InChI is InChI=1S/C29H29F3N2O4/c1-17(38-27(36)28(2,3)4)37-26(35)22-14-20(18-10-11-18)12-13-24(22)34-21-15-23(29(30,31)32)25(33-16-21)19-8-6-5-7-9-19/h5-9,12-18,34H,10-11H2,1-4H3. The number of hydrogen-bond donors (Lipinski definition) is 1. The van der Waals surface area contributed by atoms with Gasteiger partial charge in [0.15, 0.2) is 0 Å².